The third-order valence-corrected chi connectivity index (χ3v) is 7.09. The molecule has 2 bridgehead atoms. The van der Waals surface area contributed by atoms with Crippen molar-refractivity contribution in [3.63, 3.8) is 0 Å². The van der Waals surface area contributed by atoms with Crippen molar-refractivity contribution in [3.05, 3.63) is 41.7 Å². The van der Waals surface area contributed by atoms with Crippen LogP contribution >= 0.6 is 0 Å². The van der Waals surface area contributed by atoms with E-state index >= 15 is 8.78 Å². The van der Waals surface area contributed by atoms with Crippen LogP contribution in [0.4, 0.5) is 17.6 Å². The molecule has 0 spiro atoms. The maximum atomic E-state index is 15.8. The normalized spacial score (nSPS) is 32.2. The van der Waals surface area contributed by atoms with Crippen LogP contribution in [0.2, 0.25) is 0 Å². The first kappa shape index (κ1) is 18.0. The lowest BCUT2D eigenvalue weighted by Gasteiger charge is -2.75. The molecule has 28 heavy (non-hydrogen) atoms. The second-order valence-corrected chi connectivity index (χ2v) is 8.69. The summed E-state index contributed by atoms with van der Waals surface area (Å²) >= 11 is 0. The number of rotatable bonds is 6. The molecule has 1 aromatic carbocycles. The summed E-state index contributed by atoms with van der Waals surface area (Å²) in [4.78, 5) is 0. The zero-order valence-electron chi connectivity index (χ0n) is 14.7. The summed E-state index contributed by atoms with van der Waals surface area (Å²) in [6, 6.07) is 2.13. The van der Waals surface area contributed by atoms with Gasteiger partial charge < -0.3 is 10.2 Å². The largest absolute Gasteiger partial charge is 0.389 e. The number of nitrogens with zero attached hydrogens (tertiary/aromatic N) is 4. The van der Waals surface area contributed by atoms with Gasteiger partial charge in [0.25, 0.3) is 5.92 Å². The molecular formula is C18H18F4N4O2. The van der Waals surface area contributed by atoms with Crippen molar-refractivity contribution in [1.82, 2.24) is 20.2 Å². The van der Waals surface area contributed by atoms with Crippen LogP contribution in [-0.4, -0.2) is 41.9 Å². The van der Waals surface area contributed by atoms with Crippen LogP contribution in [0.25, 0.3) is 0 Å². The maximum Gasteiger partial charge on any atom is 0.287 e. The number of hydrogen-bond acceptors (Lipinski definition) is 5. The number of aliphatic hydroxyl groups is 2. The van der Waals surface area contributed by atoms with Crippen molar-refractivity contribution in [1.29, 1.82) is 0 Å². The van der Waals surface area contributed by atoms with Crippen LogP contribution in [0.3, 0.4) is 0 Å². The number of tetrazole rings is 1. The highest BCUT2D eigenvalue weighted by molar-refractivity contribution is 5.36. The SMILES string of the molecule is OC1(C23CC(C(F)(F)[C@](O)(Cn4cnnn4)c4ccc(F)cc4F)(C2)C3)CC1. The minimum atomic E-state index is -3.75. The Labute approximate surface area is 157 Å². The minimum absolute atomic E-state index is 0.0598. The van der Waals surface area contributed by atoms with Gasteiger partial charge >= 0.3 is 0 Å². The van der Waals surface area contributed by atoms with Crippen LogP contribution in [0.5, 0.6) is 0 Å². The summed E-state index contributed by atoms with van der Waals surface area (Å²) in [5.74, 6) is -5.95. The lowest BCUT2D eigenvalue weighted by Crippen LogP contribution is -2.77. The highest BCUT2D eigenvalue weighted by atomic mass is 19.3. The third kappa shape index (κ3) is 2.02. The van der Waals surface area contributed by atoms with Gasteiger partial charge in [-0.3, -0.25) is 0 Å². The van der Waals surface area contributed by atoms with E-state index in [0.29, 0.717) is 18.9 Å². The molecule has 1 heterocycles. The highest BCUT2D eigenvalue weighted by Gasteiger charge is 2.87. The predicted molar refractivity (Wildman–Crippen MR) is 85.9 cm³/mol. The fraction of sp³-hybridized carbons (Fsp3) is 0.611. The van der Waals surface area contributed by atoms with Crippen LogP contribution in [0, 0.1) is 22.5 Å². The van der Waals surface area contributed by atoms with Gasteiger partial charge in [0.15, 0.2) is 5.60 Å². The van der Waals surface area contributed by atoms with Crippen LogP contribution in [-0.2, 0) is 12.1 Å². The van der Waals surface area contributed by atoms with Gasteiger partial charge in [0.05, 0.1) is 12.1 Å². The van der Waals surface area contributed by atoms with Gasteiger partial charge in [-0.15, -0.1) is 5.10 Å². The molecule has 0 radical (unpaired) electrons. The Hall–Kier alpha value is -2.07. The van der Waals surface area contributed by atoms with E-state index in [-0.39, 0.29) is 19.3 Å². The van der Waals surface area contributed by atoms with Crippen LogP contribution in [0.15, 0.2) is 24.5 Å². The van der Waals surface area contributed by atoms with Crippen molar-refractivity contribution in [2.24, 2.45) is 10.8 Å². The summed E-state index contributed by atoms with van der Waals surface area (Å²) in [5, 5.41) is 31.8. The van der Waals surface area contributed by atoms with Gasteiger partial charge in [0.1, 0.15) is 18.0 Å². The van der Waals surface area contributed by atoms with Gasteiger partial charge in [0, 0.05) is 22.5 Å². The lowest BCUT2D eigenvalue weighted by atomic mass is 9.30. The van der Waals surface area contributed by atoms with E-state index in [4.69, 9.17) is 0 Å². The Morgan fingerprint density at radius 3 is 2.36 bits per heavy atom. The summed E-state index contributed by atoms with van der Waals surface area (Å²) in [6.45, 7) is -0.797. The molecule has 0 unspecified atom stereocenters. The predicted octanol–water partition coefficient (Wildman–Crippen LogP) is 2.17. The monoisotopic (exact) mass is 398 g/mol. The molecule has 4 aliphatic carbocycles. The molecule has 1 atom stereocenters. The second-order valence-electron chi connectivity index (χ2n) is 8.69. The number of halogens is 4. The van der Waals surface area contributed by atoms with E-state index in [9.17, 15) is 19.0 Å². The molecule has 0 amide bonds. The molecule has 4 fully saturated rings. The van der Waals surface area contributed by atoms with Crippen LogP contribution in [0.1, 0.15) is 37.7 Å². The Morgan fingerprint density at radius 2 is 1.82 bits per heavy atom. The standard InChI is InChI=1S/C18H18F4N4O2/c19-11-1-2-12(13(20)5-11)17(28,9-26-10-23-24-25-26)18(21,22)15-6-14(7-15,8-15)16(27)3-4-16/h1-2,5,10,27-28H,3-4,6-9H2/t14?,15?,17-/m0/s1. The minimum Gasteiger partial charge on any atom is -0.389 e. The van der Waals surface area contributed by atoms with Crippen molar-refractivity contribution < 1.29 is 27.8 Å². The first-order valence-corrected chi connectivity index (χ1v) is 9.06. The van der Waals surface area contributed by atoms with Crippen LogP contribution < -0.4 is 0 Å². The second kappa shape index (κ2) is 5.10. The zero-order valence-corrected chi connectivity index (χ0v) is 14.7. The number of hydrogen-bond donors (Lipinski definition) is 2. The number of aromatic nitrogens is 4. The molecule has 4 aliphatic rings. The summed E-state index contributed by atoms with van der Waals surface area (Å²) in [6.07, 6.45) is 2.41. The molecule has 6 nitrogen and oxygen atoms in total. The van der Waals surface area contributed by atoms with Gasteiger partial charge in [0.2, 0.25) is 0 Å². The zero-order chi connectivity index (χ0) is 20.0. The first-order valence-electron chi connectivity index (χ1n) is 9.06. The van der Waals surface area contributed by atoms with Gasteiger partial charge in [-0.05, 0) is 54.7 Å². The Morgan fingerprint density at radius 1 is 1.14 bits per heavy atom. The number of benzene rings is 1. The Bertz CT molecular complexity index is 927. The topological polar surface area (TPSA) is 84.1 Å². The van der Waals surface area contributed by atoms with Gasteiger partial charge in [-0.1, -0.05) is 0 Å². The maximum absolute atomic E-state index is 15.8. The molecule has 0 aliphatic heterocycles. The van der Waals surface area contributed by atoms with Crippen molar-refractivity contribution in [2.75, 3.05) is 0 Å². The van der Waals surface area contributed by atoms with Crippen molar-refractivity contribution in [2.45, 2.75) is 55.8 Å². The van der Waals surface area contributed by atoms with Gasteiger partial charge in [-0.25, -0.2) is 22.2 Å². The fourth-order valence-electron chi connectivity index (χ4n) is 5.37. The van der Waals surface area contributed by atoms with E-state index in [2.05, 4.69) is 15.5 Å². The number of alkyl halides is 2. The van der Waals surface area contributed by atoms with Crippen molar-refractivity contribution >= 4 is 0 Å². The smallest absolute Gasteiger partial charge is 0.287 e. The van der Waals surface area contributed by atoms with E-state index in [1.165, 1.54) is 0 Å². The van der Waals surface area contributed by atoms with Crippen molar-refractivity contribution in [3.8, 4) is 0 Å². The highest BCUT2D eigenvalue weighted by Crippen LogP contribution is 2.85. The molecule has 6 rings (SSSR count). The van der Waals surface area contributed by atoms with E-state index in [0.717, 1.165) is 23.1 Å². The van der Waals surface area contributed by atoms with Gasteiger partial charge in [-0.2, -0.15) is 0 Å². The average Bonchev–Trinajstić information content (AvgIpc) is 3.04. The molecule has 0 saturated heterocycles. The third-order valence-electron chi connectivity index (χ3n) is 7.09. The molecule has 4 saturated carbocycles. The molecule has 2 aromatic rings. The molecular weight excluding hydrogens is 380 g/mol. The molecule has 10 heteroatoms. The van der Waals surface area contributed by atoms with E-state index < -0.39 is 51.7 Å². The average molecular weight is 398 g/mol. The summed E-state index contributed by atoms with van der Waals surface area (Å²) in [5.41, 5.74) is -6.67. The summed E-state index contributed by atoms with van der Waals surface area (Å²) in [7, 11) is 0. The Kier molecular flexibility index (Phi) is 3.27. The van der Waals surface area contributed by atoms with E-state index in [1.807, 2.05) is 0 Å². The fourth-order valence-corrected chi connectivity index (χ4v) is 5.37. The molecule has 150 valence electrons. The lowest BCUT2D eigenvalue weighted by molar-refractivity contribution is -0.390. The van der Waals surface area contributed by atoms with E-state index in [1.54, 1.807) is 0 Å². The molecule has 1 aromatic heterocycles. The summed E-state index contributed by atoms with van der Waals surface area (Å²) < 4.78 is 60.3. The first-order chi connectivity index (χ1) is 13.1. The molecule has 2 N–H and O–H groups in total. The quantitative estimate of drug-likeness (QED) is 0.729. The Balaban J connectivity index is 1.55.